The van der Waals surface area contributed by atoms with Crippen molar-refractivity contribution in [2.45, 2.75) is 64.7 Å². The molecule has 60 heavy (non-hydrogen) atoms. The Hall–Kier alpha value is -5.69. The number of ether oxygens (including phenoxy) is 1. The number of H-pyrrole nitrogens is 1. The Morgan fingerprint density at radius 3 is 2.18 bits per heavy atom. The van der Waals surface area contributed by atoms with Gasteiger partial charge in [0, 0.05) is 36.7 Å². The minimum Gasteiger partial charge on any atom is -0.506 e. The van der Waals surface area contributed by atoms with Gasteiger partial charge in [0.1, 0.15) is 18.1 Å². The topological polar surface area (TPSA) is 167 Å². The van der Waals surface area contributed by atoms with Gasteiger partial charge in [-0.3, -0.25) is 9.59 Å². The molecule has 5 heterocycles. The van der Waals surface area contributed by atoms with Crippen molar-refractivity contribution in [3.8, 4) is 11.5 Å². The molecule has 2 amide bonds. The molecule has 0 aliphatic carbocycles. The molecule has 4 aliphatic heterocycles. The number of phenolic OH excluding ortho intramolecular Hbond substituents is 1. The van der Waals surface area contributed by atoms with Crippen molar-refractivity contribution in [1.29, 1.82) is 0 Å². The molecule has 1 aromatic heterocycles. The van der Waals surface area contributed by atoms with Crippen LogP contribution < -0.4 is 20.9 Å². The molecule has 5 aromatic rings. The van der Waals surface area contributed by atoms with Crippen LogP contribution in [0, 0.1) is 11.8 Å². The zero-order valence-corrected chi connectivity index (χ0v) is 34.7. The lowest BCUT2D eigenvalue weighted by Crippen LogP contribution is -2.41. The maximum atomic E-state index is 13.4. The summed E-state index contributed by atoms with van der Waals surface area (Å²) in [4.78, 5) is 43.7. The van der Waals surface area contributed by atoms with Crippen LogP contribution in [0.5, 0.6) is 11.5 Å². The van der Waals surface area contributed by atoms with Crippen LogP contribution in [0.25, 0.3) is 10.9 Å². The fourth-order valence-corrected chi connectivity index (χ4v) is 8.34. The number of aliphatic hydroxyl groups is 1. The number of amides is 2. The number of nitrogens with one attached hydrogen (secondary N) is 3. The van der Waals surface area contributed by atoms with Crippen LogP contribution >= 0.6 is 0 Å². The summed E-state index contributed by atoms with van der Waals surface area (Å²) in [6.45, 7) is 10.7. The van der Waals surface area contributed by atoms with Crippen LogP contribution in [0.1, 0.15) is 90.7 Å². The number of nitrogens with zero attached hydrogens (tertiary/aromatic N) is 2. The molecular formula is C48H59N5O7. The first-order valence-corrected chi connectivity index (χ1v) is 21.3. The number of carbonyl (C=O) groups is 2. The number of phenols is 1. The van der Waals surface area contributed by atoms with Crippen LogP contribution in [0.3, 0.4) is 0 Å². The largest absolute Gasteiger partial charge is 0.506 e. The number of hydrogen-bond donors (Lipinski definition) is 6. The lowest BCUT2D eigenvalue weighted by molar-refractivity contribution is 0.0688. The molecule has 0 radical (unpaired) electrons. The summed E-state index contributed by atoms with van der Waals surface area (Å²) >= 11 is 0. The highest BCUT2D eigenvalue weighted by atomic mass is 16.5. The number of pyridine rings is 1. The number of piperidine rings is 4. The van der Waals surface area contributed by atoms with E-state index in [-0.39, 0.29) is 23.8 Å². The fraction of sp³-hybridized carbons (Fsp3) is 0.396. The second kappa shape index (κ2) is 21.5. The van der Waals surface area contributed by atoms with Crippen LogP contribution in [0.4, 0.5) is 4.79 Å². The molecule has 2 bridgehead atoms. The van der Waals surface area contributed by atoms with E-state index in [1.54, 1.807) is 12.1 Å². The number of aromatic amines is 1. The van der Waals surface area contributed by atoms with E-state index >= 15 is 0 Å². The van der Waals surface area contributed by atoms with E-state index < -0.39 is 18.2 Å². The highest BCUT2D eigenvalue weighted by molar-refractivity contribution is 5.94. The number of aromatic nitrogens is 1. The third kappa shape index (κ3) is 11.7. The average Bonchev–Trinajstić information content (AvgIpc) is 3.30. The molecule has 2 unspecified atom stereocenters. The Kier molecular flexibility index (Phi) is 15.7. The van der Waals surface area contributed by atoms with Crippen molar-refractivity contribution in [1.82, 2.24) is 25.4 Å². The van der Waals surface area contributed by atoms with E-state index in [0.717, 1.165) is 35.4 Å². The molecule has 12 nitrogen and oxygen atoms in total. The van der Waals surface area contributed by atoms with Gasteiger partial charge in [0.05, 0.1) is 17.7 Å². The molecule has 2 atom stereocenters. The van der Waals surface area contributed by atoms with Gasteiger partial charge in [0.25, 0.3) is 5.91 Å². The second-order valence-electron chi connectivity index (χ2n) is 15.6. The number of hydrogen-bond acceptors (Lipinski definition) is 8. The number of rotatable bonds is 12. The molecule has 6 N–H and O–H groups in total. The molecule has 9 rings (SSSR count). The summed E-state index contributed by atoms with van der Waals surface area (Å²) in [7, 11) is 0. The van der Waals surface area contributed by atoms with E-state index in [0.29, 0.717) is 59.9 Å². The first-order chi connectivity index (χ1) is 29.2. The number of fused-ring (bicyclic) bond motifs is 4. The summed E-state index contributed by atoms with van der Waals surface area (Å²) in [5, 5.41) is 36.9. The number of aromatic hydroxyl groups is 1. The quantitative estimate of drug-likeness (QED) is 0.0749. The fourth-order valence-electron chi connectivity index (χ4n) is 8.34. The van der Waals surface area contributed by atoms with Crippen LogP contribution in [-0.2, 0) is 6.61 Å². The van der Waals surface area contributed by atoms with E-state index in [2.05, 4.69) is 20.5 Å². The summed E-state index contributed by atoms with van der Waals surface area (Å²) in [6, 6.07) is 29.6. The van der Waals surface area contributed by atoms with Crippen molar-refractivity contribution in [2.24, 2.45) is 11.8 Å². The third-order valence-corrected chi connectivity index (χ3v) is 11.7. The van der Waals surface area contributed by atoms with Gasteiger partial charge < -0.3 is 45.5 Å². The first kappa shape index (κ1) is 43.9. The standard InChI is InChI=1S/C39H40N4O7.C7H13N.C2H6/c44-33-14-12-31(32-13-15-35(46)41-37(32)33)34(45)23-40-22-25-16-18-43(19-17-25)38(47)29-10-4-6-26(20-29)24-50-30-11-5-9-28(21-30)36(42-39(48)49)27-7-2-1-3-8-27;1-4-8-5-2-7(1)3-6-8;1-2/h1-15,20-21,25,34,36,40,42,44-45H,16-19,22-24H2,(H,41,46)(H,48,49);7H,1-6H2;1-2H3. The normalized spacial score (nSPS) is 18.3. The number of aliphatic hydroxyl groups excluding tert-OH is 1. The maximum absolute atomic E-state index is 13.4. The minimum atomic E-state index is -1.12. The van der Waals surface area contributed by atoms with E-state index in [9.17, 15) is 29.7 Å². The van der Waals surface area contributed by atoms with E-state index in [4.69, 9.17) is 4.74 Å². The monoisotopic (exact) mass is 817 g/mol. The van der Waals surface area contributed by atoms with Crippen molar-refractivity contribution in [3.05, 3.63) is 141 Å². The van der Waals surface area contributed by atoms with Gasteiger partial charge in [0.15, 0.2) is 0 Å². The van der Waals surface area contributed by atoms with Crippen LogP contribution in [0.15, 0.2) is 108 Å². The van der Waals surface area contributed by atoms with Gasteiger partial charge in [-0.1, -0.05) is 74.5 Å². The minimum absolute atomic E-state index is 0.0293. The van der Waals surface area contributed by atoms with Crippen LogP contribution in [-0.4, -0.2) is 87.9 Å². The molecule has 4 saturated heterocycles. The molecule has 4 aliphatic rings. The maximum Gasteiger partial charge on any atom is 0.405 e. The number of likely N-dealkylation sites (tertiary alicyclic amines) is 1. The van der Waals surface area contributed by atoms with Gasteiger partial charge in [-0.05, 0) is 129 Å². The second-order valence-corrected chi connectivity index (χ2v) is 15.6. The molecule has 0 saturated carbocycles. The van der Waals surface area contributed by atoms with Gasteiger partial charge in [-0.2, -0.15) is 0 Å². The molecule has 0 spiro atoms. The number of carboxylic acid groups (broad SMARTS) is 1. The molecule has 12 heteroatoms. The Balaban J connectivity index is 0.000000528. The highest BCUT2D eigenvalue weighted by Gasteiger charge is 2.26. The van der Waals surface area contributed by atoms with Crippen molar-refractivity contribution >= 4 is 22.9 Å². The third-order valence-electron chi connectivity index (χ3n) is 11.7. The summed E-state index contributed by atoms with van der Waals surface area (Å²) in [5.41, 5.74) is 3.60. The summed E-state index contributed by atoms with van der Waals surface area (Å²) in [6.07, 6.45) is 4.17. The Labute approximate surface area is 352 Å². The predicted octanol–water partition coefficient (Wildman–Crippen LogP) is 7.47. The molecule has 4 fully saturated rings. The van der Waals surface area contributed by atoms with Gasteiger partial charge in [-0.25, -0.2) is 4.79 Å². The Morgan fingerprint density at radius 2 is 1.52 bits per heavy atom. The van der Waals surface area contributed by atoms with E-state index in [1.165, 1.54) is 51.0 Å². The van der Waals surface area contributed by atoms with Crippen molar-refractivity contribution in [2.75, 3.05) is 45.8 Å². The van der Waals surface area contributed by atoms with Crippen molar-refractivity contribution < 1.29 is 29.6 Å². The predicted molar refractivity (Wildman–Crippen MR) is 234 cm³/mol. The number of benzene rings is 4. The Bertz CT molecular complexity index is 2190. The molecule has 4 aromatic carbocycles. The van der Waals surface area contributed by atoms with Crippen molar-refractivity contribution in [3.63, 3.8) is 0 Å². The van der Waals surface area contributed by atoms with Gasteiger partial charge in [0.2, 0.25) is 5.56 Å². The Morgan fingerprint density at radius 1 is 0.817 bits per heavy atom. The summed E-state index contributed by atoms with van der Waals surface area (Å²) in [5.74, 6) is 1.97. The average molecular weight is 818 g/mol. The van der Waals surface area contributed by atoms with Gasteiger partial charge in [-0.15, -0.1) is 0 Å². The summed E-state index contributed by atoms with van der Waals surface area (Å²) < 4.78 is 6.08. The molecule has 318 valence electrons. The molecular weight excluding hydrogens is 759 g/mol. The lowest BCUT2D eigenvalue weighted by Gasteiger charge is -2.38. The lowest BCUT2D eigenvalue weighted by atomic mass is 9.89. The highest BCUT2D eigenvalue weighted by Crippen LogP contribution is 2.30. The first-order valence-electron chi connectivity index (χ1n) is 21.3. The zero-order chi connectivity index (χ0) is 42.4. The van der Waals surface area contributed by atoms with Gasteiger partial charge >= 0.3 is 6.09 Å². The smallest absolute Gasteiger partial charge is 0.405 e. The number of carbonyl (C=O) groups excluding carboxylic acids is 1. The van der Waals surface area contributed by atoms with E-state index in [1.807, 2.05) is 97.6 Å². The zero-order valence-electron chi connectivity index (χ0n) is 34.7. The van der Waals surface area contributed by atoms with Crippen LogP contribution in [0.2, 0.25) is 0 Å². The SMILES string of the molecule is C1CN2CCC1CC2.CC.O=C(O)NC(c1ccccc1)c1cccc(OCc2cccc(C(=O)N3CCC(CNCC(O)c4ccc(O)c5[nH]c(=O)ccc45)CC3)c2)c1.